The molecule has 0 saturated heterocycles. The zero-order valence-electron chi connectivity index (χ0n) is 7.21. The Morgan fingerprint density at radius 3 is 2.45 bits per heavy atom. The van der Waals surface area contributed by atoms with Crippen molar-refractivity contribution in [3.8, 4) is 0 Å². The lowest BCUT2D eigenvalue weighted by Crippen LogP contribution is -2.18. The summed E-state index contributed by atoms with van der Waals surface area (Å²) in [5, 5.41) is 0. The van der Waals surface area contributed by atoms with Crippen LogP contribution in [0.4, 0.5) is 0 Å². The standard InChI is InChI=1S/C7H16O3Si/c1-4-10-6-5-7-11(8-2)9-3/h4,11H,1,5-7H2,2-3H3. The van der Waals surface area contributed by atoms with E-state index in [-0.39, 0.29) is 0 Å². The zero-order valence-corrected chi connectivity index (χ0v) is 8.36. The quantitative estimate of drug-likeness (QED) is 0.330. The van der Waals surface area contributed by atoms with Gasteiger partial charge in [0.05, 0.1) is 12.9 Å². The summed E-state index contributed by atoms with van der Waals surface area (Å²) in [6.07, 6.45) is 2.43. The van der Waals surface area contributed by atoms with Gasteiger partial charge in [-0.2, -0.15) is 0 Å². The molecule has 0 radical (unpaired) electrons. The van der Waals surface area contributed by atoms with Gasteiger partial charge in [-0.3, -0.25) is 0 Å². The van der Waals surface area contributed by atoms with Gasteiger partial charge in [0.1, 0.15) is 0 Å². The average molecular weight is 176 g/mol. The molecular formula is C7H16O3Si. The van der Waals surface area contributed by atoms with E-state index in [1.807, 2.05) is 0 Å². The first-order valence-corrected chi connectivity index (χ1v) is 5.39. The molecule has 0 rings (SSSR count). The average Bonchev–Trinajstić information content (AvgIpc) is 2.05. The first kappa shape index (κ1) is 10.7. The second kappa shape index (κ2) is 7.78. The Bertz CT molecular complexity index is 93.7. The van der Waals surface area contributed by atoms with E-state index in [1.54, 1.807) is 14.2 Å². The Hall–Kier alpha value is -0.323. The van der Waals surface area contributed by atoms with Gasteiger partial charge in [-0.1, -0.05) is 6.58 Å². The van der Waals surface area contributed by atoms with Crippen LogP contribution in [0.3, 0.4) is 0 Å². The third-order valence-corrected chi connectivity index (χ3v) is 3.28. The third kappa shape index (κ3) is 6.09. The van der Waals surface area contributed by atoms with E-state index in [1.165, 1.54) is 6.26 Å². The van der Waals surface area contributed by atoms with Crippen molar-refractivity contribution in [1.29, 1.82) is 0 Å². The first-order chi connectivity index (χ1) is 5.35. The van der Waals surface area contributed by atoms with Gasteiger partial charge >= 0.3 is 9.28 Å². The van der Waals surface area contributed by atoms with Gasteiger partial charge in [-0.15, -0.1) is 0 Å². The summed E-state index contributed by atoms with van der Waals surface area (Å²) in [7, 11) is 2.03. The van der Waals surface area contributed by atoms with Crippen molar-refractivity contribution in [3.63, 3.8) is 0 Å². The Balaban J connectivity index is 3.13. The SMILES string of the molecule is C=COCCC[SiH](OC)OC. The smallest absolute Gasteiger partial charge is 0.321 e. The lowest BCUT2D eigenvalue weighted by Gasteiger charge is -2.09. The van der Waals surface area contributed by atoms with Crippen molar-refractivity contribution in [2.45, 2.75) is 12.5 Å². The highest BCUT2D eigenvalue weighted by molar-refractivity contribution is 6.44. The van der Waals surface area contributed by atoms with Crippen LogP contribution in [0, 0.1) is 0 Å². The second-order valence-electron chi connectivity index (χ2n) is 2.08. The van der Waals surface area contributed by atoms with Crippen molar-refractivity contribution in [2.24, 2.45) is 0 Å². The molecular weight excluding hydrogens is 160 g/mol. The van der Waals surface area contributed by atoms with Crippen LogP contribution in [0.5, 0.6) is 0 Å². The van der Waals surface area contributed by atoms with Crippen molar-refractivity contribution < 1.29 is 13.6 Å². The van der Waals surface area contributed by atoms with Crippen LogP contribution in [0.15, 0.2) is 12.8 Å². The molecule has 0 aliphatic heterocycles. The summed E-state index contributed by atoms with van der Waals surface area (Å²) in [5.41, 5.74) is 0. The Labute approximate surface area is 69.8 Å². The minimum absolute atomic E-state index is 0.708. The Morgan fingerprint density at radius 1 is 1.36 bits per heavy atom. The fraction of sp³-hybridized carbons (Fsp3) is 0.714. The van der Waals surface area contributed by atoms with Crippen LogP contribution >= 0.6 is 0 Å². The molecule has 0 atom stereocenters. The summed E-state index contributed by atoms with van der Waals surface area (Å²) >= 11 is 0. The molecule has 0 heterocycles. The van der Waals surface area contributed by atoms with Crippen molar-refractivity contribution in [2.75, 3.05) is 20.8 Å². The summed E-state index contributed by atoms with van der Waals surface area (Å²) < 4.78 is 15.2. The highest BCUT2D eigenvalue weighted by Gasteiger charge is 2.07. The summed E-state index contributed by atoms with van der Waals surface area (Å²) in [5.74, 6) is 0. The van der Waals surface area contributed by atoms with E-state index in [0.717, 1.165) is 12.5 Å². The molecule has 0 aliphatic carbocycles. The van der Waals surface area contributed by atoms with Crippen LogP contribution in [0.1, 0.15) is 6.42 Å². The van der Waals surface area contributed by atoms with Crippen LogP contribution < -0.4 is 0 Å². The van der Waals surface area contributed by atoms with E-state index in [9.17, 15) is 0 Å². The third-order valence-electron chi connectivity index (χ3n) is 1.35. The maximum Gasteiger partial charge on any atom is 0.321 e. The molecule has 11 heavy (non-hydrogen) atoms. The summed E-state index contributed by atoms with van der Waals surface area (Å²) in [4.78, 5) is 0. The second-order valence-corrected chi connectivity index (χ2v) is 4.46. The summed E-state index contributed by atoms with van der Waals surface area (Å²) in [6, 6.07) is 0.987. The van der Waals surface area contributed by atoms with Crippen molar-refractivity contribution in [3.05, 3.63) is 12.8 Å². The van der Waals surface area contributed by atoms with Gasteiger partial charge < -0.3 is 13.6 Å². The zero-order chi connectivity index (χ0) is 8.53. The topological polar surface area (TPSA) is 27.7 Å². The molecule has 3 nitrogen and oxygen atoms in total. The van der Waals surface area contributed by atoms with Gasteiger partial charge in [0.2, 0.25) is 0 Å². The lowest BCUT2D eigenvalue weighted by atomic mass is 10.5. The fourth-order valence-electron chi connectivity index (χ4n) is 0.749. The highest BCUT2D eigenvalue weighted by Crippen LogP contribution is 1.99. The minimum atomic E-state index is -1.35. The molecule has 0 aromatic rings. The normalized spacial score (nSPS) is 10.1. The molecule has 0 bridgehead atoms. The van der Waals surface area contributed by atoms with Gasteiger partial charge in [0.25, 0.3) is 0 Å². The molecule has 0 aliphatic rings. The Kier molecular flexibility index (Phi) is 7.55. The number of hydrogen-bond acceptors (Lipinski definition) is 3. The lowest BCUT2D eigenvalue weighted by molar-refractivity contribution is 0.238. The molecule has 0 aromatic carbocycles. The molecule has 0 spiro atoms. The number of ether oxygens (including phenoxy) is 1. The maximum absolute atomic E-state index is 5.11. The van der Waals surface area contributed by atoms with Gasteiger partial charge in [-0.25, -0.2) is 0 Å². The van der Waals surface area contributed by atoms with E-state index in [2.05, 4.69) is 6.58 Å². The van der Waals surface area contributed by atoms with Crippen LogP contribution in [0.2, 0.25) is 6.04 Å². The molecule has 0 N–H and O–H groups in total. The van der Waals surface area contributed by atoms with E-state index in [4.69, 9.17) is 13.6 Å². The predicted molar refractivity (Wildman–Crippen MR) is 46.7 cm³/mol. The van der Waals surface area contributed by atoms with E-state index >= 15 is 0 Å². The maximum atomic E-state index is 5.11. The fourth-order valence-corrected chi connectivity index (χ4v) is 1.91. The predicted octanol–water partition coefficient (Wildman–Crippen LogP) is 1.05. The molecule has 0 unspecified atom stereocenters. The van der Waals surface area contributed by atoms with Gasteiger partial charge in [0.15, 0.2) is 0 Å². The Morgan fingerprint density at radius 2 is 2.00 bits per heavy atom. The highest BCUT2D eigenvalue weighted by atomic mass is 28.3. The van der Waals surface area contributed by atoms with Gasteiger partial charge in [-0.05, 0) is 12.5 Å². The minimum Gasteiger partial charge on any atom is -0.502 e. The molecule has 0 fully saturated rings. The van der Waals surface area contributed by atoms with Crippen LogP contribution in [-0.2, 0) is 13.6 Å². The molecule has 0 aromatic heterocycles. The van der Waals surface area contributed by atoms with Crippen molar-refractivity contribution >= 4 is 9.28 Å². The molecule has 66 valence electrons. The van der Waals surface area contributed by atoms with Crippen molar-refractivity contribution in [1.82, 2.24) is 0 Å². The van der Waals surface area contributed by atoms with Crippen LogP contribution in [0.25, 0.3) is 0 Å². The molecule has 0 amide bonds. The summed E-state index contributed by atoms with van der Waals surface area (Å²) in [6.45, 7) is 4.15. The van der Waals surface area contributed by atoms with E-state index < -0.39 is 9.28 Å². The number of hydrogen-bond donors (Lipinski definition) is 0. The number of rotatable bonds is 7. The molecule has 0 saturated carbocycles. The van der Waals surface area contributed by atoms with E-state index in [0.29, 0.717) is 6.61 Å². The monoisotopic (exact) mass is 176 g/mol. The van der Waals surface area contributed by atoms with Gasteiger partial charge in [0, 0.05) is 14.2 Å². The largest absolute Gasteiger partial charge is 0.502 e. The first-order valence-electron chi connectivity index (χ1n) is 3.63. The van der Waals surface area contributed by atoms with Crippen LogP contribution in [-0.4, -0.2) is 30.1 Å². The molecule has 4 heteroatoms.